The molecule has 5 heteroatoms. The second kappa shape index (κ2) is 4.57. The first-order chi connectivity index (χ1) is 6.88. The molecule has 0 saturated carbocycles. The van der Waals surface area contributed by atoms with Gasteiger partial charge < -0.3 is 9.47 Å². The fourth-order valence-corrected chi connectivity index (χ4v) is 1.41. The Balaban J connectivity index is 2.00. The lowest BCUT2D eigenvalue weighted by Gasteiger charge is -2.10. The summed E-state index contributed by atoms with van der Waals surface area (Å²) >= 11 is 5.63. The Kier molecular flexibility index (Phi) is 3.16. The number of rotatable bonds is 3. The summed E-state index contributed by atoms with van der Waals surface area (Å²) < 4.78 is 10.7. The number of halogens is 1. The second-order valence-electron chi connectivity index (χ2n) is 3.09. The van der Waals surface area contributed by atoms with Crippen LogP contribution < -0.4 is 4.74 Å². The summed E-state index contributed by atoms with van der Waals surface area (Å²) in [6.45, 7) is 1.39. The number of nitrogens with zero attached hydrogens (tertiary/aromatic N) is 2. The maximum Gasteiger partial charge on any atom is 0.232 e. The van der Waals surface area contributed by atoms with Crippen LogP contribution in [0.1, 0.15) is 12.1 Å². The van der Waals surface area contributed by atoms with Crippen LogP contribution in [0.3, 0.4) is 0 Å². The van der Waals surface area contributed by atoms with E-state index in [1.54, 1.807) is 12.4 Å². The average molecular weight is 215 g/mol. The van der Waals surface area contributed by atoms with E-state index in [-0.39, 0.29) is 6.10 Å². The van der Waals surface area contributed by atoms with Crippen molar-refractivity contribution in [3.05, 3.63) is 18.1 Å². The van der Waals surface area contributed by atoms with E-state index >= 15 is 0 Å². The first kappa shape index (κ1) is 9.68. The third-order valence-corrected chi connectivity index (χ3v) is 2.25. The molecule has 1 saturated heterocycles. The highest BCUT2D eigenvalue weighted by atomic mass is 35.5. The lowest BCUT2D eigenvalue weighted by molar-refractivity contribution is 0.137. The Morgan fingerprint density at radius 3 is 3.21 bits per heavy atom. The van der Waals surface area contributed by atoms with Crippen LogP contribution in [0.15, 0.2) is 12.4 Å². The Labute approximate surface area is 87.2 Å². The molecular weight excluding hydrogens is 204 g/mol. The van der Waals surface area contributed by atoms with Gasteiger partial charge in [0.05, 0.1) is 31.0 Å². The van der Waals surface area contributed by atoms with E-state index in [4.69, 9.17) is 21.1 Å². The van der Waals surface area contributed by atoms with Gasteiger partial charge in [-0.3, -0.25) is 4.98 Å². The van der Waals surface area contributed by atoms with Gasteiger partial charge in [-0.15, -0.1) is 11.6 Å². The van der Waals surface area contributed by atoms with Gasteiger partial charge in [0.2, 0.25) is 5.88 Å². The molecule has 1 aliphatic heterocycles. The third kappa shape index (κ3) is 2.33. The molecule has 1 atom stereocenters. The van der Waals surface area contributed by atoms with Gasteiger partial charge in [0.25, 0.3) is 0 Å². The first-order valence-electron chi connectivity index (χ1n) is 4.50. The standard InChI is InChI=1S/C9H11ClN2O2/c10-3-7-4-11-5-9(12-7)14-8-1-2-13-6-8/h4-5,8H,1-3,6H2. The normalized spacial score (nSPS) is 21.1. The SMILES string of the molecule is ClCc1cncc(OC2CCOC2)n1. The molecule has 76 valence electrons. The van der Waals surface area contributed by atoms with E-state index in [2.05, 4.69) is 9.97 Å². The second-order valence-corrected chi connectivity index (χ2v) is 3.35. The summed E-state index contributed by atoms with van der Waals surface area (Å²) in [5.74, 6) is 0.879. The molecule has 0 spiro atoms. The number of ether oxygens (including phenoxy) is 2. The highest BCUT2D eigenvalue weighted by molar-refractivity contribution is 6.16. The molecule has 4 nitrogen and oxygen atoms in total. The summed E-state index contributed by atoms with van der Waals surface area (Å²) in [6.07, 6.45) is 4.24. The van der Waals surface area contributed by atoms with Crippen LogP contribution in [0.4, 0.5) is 0 Å². The van der Waals surface area contributed by atoms with Crippen molar-refractivity contribution < 1.29 is 9.47 Å². The van der Waals surface area contributed by atoms with Gasteiger partial charge in [-0.05, 0) is 0 Å². The minimum atomic E-state index is 0.106. The number of hydrogen-bond donors (Lipinski definition) is 0. The average Bonchev–Trinajstić information content (AvgIpc) is 2.71. The topological polar surface area (TPSA) is 44.2 Å². The summed E-state index contributed by atoms with van der Waals surface area (Å²) in [5, 5.41) is 0. The first-order valence-corrected chi connectivity index (χ1v) is 5.03. The minimum Gasteiger partial charge on any atom is -0.471 e. The number of alkyl halides is 1. The van der Waals surface area contributed by atoms with Gasteiger partial charge in [-0.2, -0.15) is 0 Å². The predicted molar refractivity (Wildman–Crippen MR) is 51.4 cm³/mol. The van der Waals surface area contributed by atoms with Gasteiger partial charge in [0.15, 0.2) is 0 Å². The van der Waals surface area contributed by atoms with Gasteiger partial charge in [-0.25, -0.2) is 4.98 Å². The molecule has 1 unspecified atom stereocenters. The fraction of sp³-hybridized carbons (Fsp3) is 0.556. The van der Waals surface area contributed by atoms with E-state index in [0.717, 1.165) is 18.7 Å². The maximum atomic E-state index is 5.63. The van der Waals surface area contributed by atoms with E-state index in [1.165, 1.54) is 0 Å². The van der Waals surface area contributed by atoms with Crippen LogP contribution in [0.5, 0.6) is 5.88 Å². The molecule has 1 aromatic rings. The summed E-state index contributed by atoms with van der Waals surface area (Å²) in [4.78, 5) is 8.17. The Hall–Kier alpha value is -0.870. The molecule has 14 heavy (non-hydrogen) atoms. The van der Waals surface area contributed by atoms with Gasteiger partial charge in [-0.1, -0.05) is 0 Å². The molecule has 0 aromatic carbocycles. The van der Waals surface area contributed by atoms with Crippen LogP contribution in [0.25, 0.3) is 0 Å². The van der Waals surface area contributed by atoms with Crippen molar-refractivity contribution in [1.29, 1.82) is 0 Å². The molecule has 0 bridgehead atoms. The smallest absolute Gasteiger partial charge is 0.232 e. The van der Waals surface area contributed by atoms with Crippen molar-refractivity contribution in [1.82, 2.24) is 9.97 Å². The number of aromatic nitrogens is 2. The van der Waals surface area contributed by atoms with E-state index in [0.29, 0.717) is 18.4 Å². The van der Waals surface area contributed by atoms with Crippen LogP contribution in [0.2, 0.25) is 0 Å². The third-order valence-electron chi connectivity index (χ3n) is 1.97. The molecular formula is C9H11ClN2O2. The zero-order valence-electron chi connectivity index (χ0n) is 7.65. The minimum absolute atomic E-state index is 0.106. The molecule has 0 radical (unpaired) electrons. The molecule has 2 heterocycles. The lowest BCUT2D eigenvalue weighted by Crippen LogP contribution is -2.16. The maximum absolute atomic E-state index is 5.63. The van der Waals surface area contributed by atoms with E-state index < -0.39 is 0 Å². The van der Waals surface area contributed by atoms with Gasteiger partial charge in [0.1, 0.15) is 6.10 Å². The van der Waals surface area contributed by atoms with Crippen LogP contribution >= 0.6 is 11.6 Å². The summed E-state index contributed by atoms with van der Waals surface area (Å²) in [5.41, 5.74) is 0.725. The van der Waals surface area contributed by atoms with Crippen LogP contribution in [-0.4, -0.2) is 29.3 Å². The van der Waals surface area contributed by atoms with Crippen LogP contribution in [-0.2, 0) is 10.6 Å². The predicted octanol–water partition coefficient (Wildman–Crippen LogP) is 1.38. The molecule has 0 aliphatic carbocycles. The van der Waals surface area contributed by atoms with Gasteiger partial charge in [0, 0.05) is 12.6 Å². The fourth-order valence-electron chi connectivity index (χ4n) is 1.28. The lowest BCUT2D eigenvalue weighted by atomic mass is 10.3. The monoisotopic (exact) mass is 214 g/mol. The zero-order valence-corrected chi connectivity index (χ0v) is 8.41. The highest BCUT2D eigenvalue weighted by Gasteiger charge is 2.17. The largest absolute Gasteiger partial charge is 0.471 e. The summed E-state index contributed by atoms with van der Waals surface area (Å²) in [7, 11) is 0. The highest BCUT2D eigenvalue weighted by Crippen LogP contribution is 2.14. The number of hydrogen-bond acceptors (Lipinski definition) is 4. The summed E-state index contributed by atoms with van der Waals surface area (Å²) in [6, 6.07) is 0. The Morgan fingerprint density at radius 2 is 2.50 bits per heavy atom. The Morgan fingerprint density at radius 1 is 1.57 bits per heavy atom. The molecule has 1 aliphatic rings. The molecule has 1 aromatic heterocycles. The zero-order chi connectivity index (χ0) is 9.80. The van der Waals surface area contributed by atoms with Crippen molar-refractivity contribution in [2.24, 2.45) is 0 Å². The quantitative estimate of drug-likeness (QED) is 0.714. The van der Waals surface area contributed by atoms with Crippen molar-refractivity contribution in [3.63, 3.8) is 0 Å². The molecule has 0 N–H and O–H groups in total. The van der Waals surface area contributed by atoms with Crippen molar-refractivity contribution in [2.45, 2.75) is 18.4 Å². The Bertz CT molecular complexity index is 303. The molecule has 1 fully saturated rings. The molecule has 0 amide bonds. The van der Waals surface area contributed by atoms with Crippen LogP contribution in [0, 0.1) is 0 Å². The van der Waals surface area contributed by atoms with Crippen molar-refractivity contribution >= 4 is 11.6 Å². The van der Waals surface area contributed by atoms with E-state index in [1.807, 2.05) is 0 Å². The van der Waals surface area contributed by atoms with Crippen molar-refractivity contribution in [2.75, 3.05) is 13.2 Å². The van der Waals surface area contributed by atoms with Crippen molar-refractivity contribution in [3.8, 4) is 5.88 Å². The van der Waals surface area contributed by atoms with Gasteiger partial charge >= 0.3 is 0 Å². The van der Waals surface area contributed by atoms with E-state index in [9.17, 15) is 0 Å². The molecule has 2 rings (SSSR count).